The zero-order valence-corrected chi connectivity index (χ0v) is 8.96. The van der Waals surface area contributed by atoms with E-state index in [9.17, 15) is 4.79 Å². The Hall–Kier alpha value is -0.570. The lowest BCUT2D eigenvalue weighted by atomic mass is 9.87. The highest BCUT2D eigenvalue weighted by atomic mass is 16.3. The van der Waals surface area contributed by atoms with Gasteiger partial charge < -0.3 is 10.4 Å². The molecule has 0 saturated heterocycles. The van der Waals surface area contributed by atoms with Crippen molar-refractivity contribution >= 4 is 5.91 Å². The quantitative estimate of drug-likeness (QED) is 0.720. The molecular weight excluding hydrogens is 178 g/mol. The van der Waals surface area contributed by atoms with Gasteiger partial charge in [-0.2, -0.15) is 0 Å². The van der Waals surface area contributed by atoms with Crippen LogP contribution in [-0.2, 0) is 4.79 Å². The van der Waals surface area contributed by atoms with E-state index in [-0.39, 0.29) is 5.91 Å². The van der Waals surface area contributed by atoms with Crippen molar-refractivity contribution in [2.75, 3.05) is 6.54 Å². The first-order valence-corrected chi connectivity index (χ1v) is 5.63. The van der Waals surface area contributed by atoms with Gasteiger partial charge in [0, 0.05) is 13.0 Å². The van der Waals surface area contributed by atoms with Crippen molar-refractivity contribution in [3.63, 3.8) is 0 Å². The smallest absolute Gasteiger partial charge is 0.220 e. The van der Waals surface area contributed by atoms with Crippen LogP contribution in [0.3, 0.4) is 0 Å². The zero-order valence-electron chi connectivity index (χ0n) is 8.96. The third kappa shape index (κ3) is 4.61. The molecule has 0 spiro atoms. The Morgan fingerprint density at radius 3 is 2.64 bits per heavy atom. The van der Waals surface area contributed by atoms with Gasteiger partial charge in [0.15, 0.2) is 0 Å². The normalized spacial score (nSPS) is 20.4. The minimum absolute atomic E-state index is 0.0952. The van der Waals surface area contributed by atoms with Crippen LogP contribution in [0.25, 0.3) is 0 Å². The Bertz CT molecular complexity index is 174. The van der Waals surface area contributed by atoms with Crippen molar-refractivity contribution in [2.24, 2.45) is 5.92 Å². The molecule has 1 aliphatic carbocycles. The fourth-order valence-corrected chi connectivity index (χ4v) is 1.99. The molecule has 0 unspecified atom stereocenters. The third-order valence-corrected chi connectivity index (χ3v) is 2.79. The Morgan fingerprint density at radius 2 is 2.07 bits per heavy atom. The molecule has 1 saturated carbocycles. The highest BCUT2D eigenvalue weighted by molar-refractivity contribution is 5.76. The number of nitrogens with one attached hydrogen (secondary N) is 1. The highest BCUT2D eigenvalue weighted by Crippen LogP contribution is 2.25. The van der Waals surface area contributed by atoms with Crippen LogP contribution < -0.4 is 5.32 Å². The second kappa shape index (κ2) is 6.02. The van der Waals surface area contributed by atoms with E-state index in [4.69, 9.17) is 5.11 Å². The SMILES string of the molecule is C[C@@H](O)CNC(=O)CC1CCCCC1. The molecule has 3 nitrogen and oxygen atoms in total. The minimum atomic E-state index is -0.440. The van der Waals surface area contributed by atoms with Crippen molar-refractivity contribution in [1.29, 1.82) is 0 Å². The van der Waals surface area contributed by atoms with Crippen LogP contribution in [-0.4, -0.2) is 23.7 Å². The van der Waals surface area contributed by atoms with Gasteiger partial charge in [-0.05, 0) is 25.7 Å². The summed E-state index contributed by atoms with van der Waals surface area (Å²) in [7, 11) is 0. The van der Waals surface area contributed by atoms with E-state index in [0.717, 1.165) is 0 Å². The van der Waals surface area contributed by atoms with E-state index in [0.29, 0.717) is 18.9 Å². The fraction of sp³-hybridized carbons (Fsp3) is 0.909. The number of aliphatic hydroxyl groups is 1. The summed E-state index contributed by atoms with van der Waals surface area (Å²) in [6, 6.07) is 0. The van der Waals surface area contributed by atoms with Crippen molar-refractivity contribution in [3.05, 3.63) is 0 Å². The summed E-state index contributed by atoms with van der Waals surface area (Å²) >= 11 is 0. The molecule has 14 heavy (non-hydrogen) atoms. The Labute approximate surface area is 85.9 Å². The molecule has 0 aromatic heterocycles. The van der Waals surface area contributed by atoms with E-state index in [1.165, 1.54) is 32.1 Å². The number of hydrogen-bond acceptors (Lipinski definition) is 2. The van der Waals surface area contributed by atoms with Gasteiger partial charge in [0.05, 0.1) is 6.10 Å². The first-order chi connectivity index (χ1) is 6.68. The summed E-state index contributed by atoms with van der Waals surface area (Å²) in [4.78, 5) is 11.4. The van der Waals surface area contributed by atoms with Crippen molar-refractivity contribution in [1.82, 2.24) is 5.32 Å². The Kier molecular flexibility index (Phi) is 4.94. The largest absolute Gasteiger partial charge is 0.392 e. The summed E-state index contributed by atoms with van der Waals surface area (Å²) in [5.74, 6) is 0.676. The van der Waals surface area contributed by atoms with Crippen LogP contribution in [0.5, 0.6) is 0 Å². The van der Waals surface area contributed by atoms with Gasteiger partial charge in [0.2, 0.25) is 5.91 Å². The molecule has 1 rings (SSSR count). The highest BCUT2D eigenvalue weighted by Gasteiger charge is 2.16. The average Bonchev–Trinajstić information content (AvgIpc) is 2.16. The van der Waals surface area contributed by atoms with Crippen molar-refractivity contribution in [2.45, 2.75) is 51.6 Å². The molecule has 0 aromatic carbocycles. The lowest BCUT2D eigenvalue weighted by Crippen LogP contribution is -2.32. The predicted octanol–water partition coefficient (Wildman–Crippen LogP) is 1.45. The summed E-state index contributed by atoms with van der Waals surface area (Å²) in [5.41, 5.74) is 0. The molecule has 1 atom stereocenters. The van der Waals surface area contributed by atoms with Crippen molar-refractivity contribution in [3.8, 4) is 0 Å². The van der Waals surface area contributed by atoms with Gasteiger partial charge in [-0.3, -0.25) is 4.79 Å². The van der Waals surface area contributed by atoms with E-state index < -0.39 is 6.10 Å². The molecule has 2 N–H and O–H groups in total. The summed E-state index contributed by atoms with van der Waals surface area (Å²) < 4.78 is 0. The molecule has 82 valence electrons. The second-order valence-corrected chi connectivity index (χ2v) is 4.36. The molecular formula is C11H21NO2. The molecule has 0 radical (unpaired) electrons. The minimum Gasteiger partial charge on any atom is -0.392 e. The summed E-state index contributed by atoms with van der Waals surface area (Å²) in [5, 5.41) is 11.7. The van der Waals surface area contributed by atoms with Gasteiger partial charge in [-0.1, -0.05) is 19.3 Å². The monoisotopic (exact) mass is 199 g/mol. The molecule has 1 aliphatic rings. The van der Waals surface area contributed by atoms with Crippen LogP contribution in [0.1, 0.15) is 45.4 Å². The number of hydrogen-bond donors (Lipinski definition) is 2. The molecule has 0 aromatic rings. The summed E-state index contributed by atoms with van der Waals surface area (Å²) in [6.07, 6.45) is 6.47. The fourth-order valence-electron chi connectivity index (χ4n) is 1.99. The number of carbonyl (C=O) groups excluding carboxylic acids is 1. The summed E-state index contributed by atoms with van der Waals surface area (Å²) in [6.45, 7) is 2.06. The van der Waals surface area contributed by atoms with Gasteiger partial charge in [0.1, 0.15) is 0 Å². The van der Waals surface area contributed by atoms with Crippen LogP contribution in [0.4, 0.5) is 0 Å². The van der Waals surface area contributed by atoms with E-state index in [2.05, 4.69) is 5.32 Å². The van der Waals surface area contributed by atoms with Gasteiger partial charge in [-0.25, -0.2) is 0 Å². The Morgan fingerprint density at radius 1 is 1.43 bits per heavy atom. The first kappa shape index (κ1) is 11.5. The van der Waals surface area contributed by atoms with Gasteiger partial charge in [-0.15, -0.1) is 0 Å². The maximum atomic E-state index is 11.4. The van der Waals surface area contributed by atoms with E-state index in [1.807, 2.05) is 0 Å². The lowest BCUT2D eigenvalue weighted by molar-refractivity contribution is -0.122. The van der Waals surface area contributed by atoms with Crippen LogP contribution in [0, 0.1) is 5.92 Å². The first-order valence-electron chi connectivity index (χ1n) is 5.63. The molecule has 0 aliphatic heterocycles. The molecule has 1 fully saturated rings. The molecule has 1 amide bonds. The predicted molar refractivity (Wildman–Crippen MR) is 55.9 cm³/mol. The van der Waals surface area contributed by atoms with Crippen LogP contribution in [0.2, 0.25) is 0 Å². The average molecular weight is 199 g/mol. The third-order valence-electron chi connectivity index (χ3n) is 2.79. The topological polar surface area (TPSA) is 49.3 Å². The maximum absolute atomic E-state index is 11.4. The number of amides is 1. The molecule has 0 bridgehead atoms. The van der Waals surface area contributed by atoms with E-state index in [1.54, 1.807) is 6.92 Å². The van der Waals surface area contributed by atoms with Crippen molar-refractivity contribution < 1.29 is 9.90 Å². The Balaban J connectivity index is 2.12. The molecule has 3 heteroatoms. The number of rotatable bonds is 4. The maximum Gasteiger partial charge on any atom is 0.220 e. The zero-order chi connectivity index (χ0) is 10.4. The standard InChI is InChI=1S/C11H21NO2/c1-9(13)8-12-11(14)7-10-5-3-2-4-6-10/h9-10,13H,2-8H2,1H3,(H,12,14)/t9-/m1/s1. The molecule has 0 heterocycles. The van der Waals surface area contributed by atoms with Gasteiger partial charge >= 0.3 is 0 Å². The van der Waals surface area contributed by atoms with Crippen LogP contribution >= 0.6 is 0 Å². The van der Waals surface area contributed by atoms with Crippen LogP contribution in [0.15, 0.2) is 0 Å². The second-order valence-electron chi connectivity index (χ2n) is 4.36. The number of aliphatic hydroxyl groups excluding tert-OH is 1. The van der Waals surface area contributed by atoms with Gasteiger partial charge in [0.25, 0.3) is 0 Å². The van der Waals surface area contributed by atoms with E-state index >= 15 is 0 Å². The lowest BCUT2D eigenvalue weighted by Gasteiger charge is -2.20. The number of carbonyl (C=O) groups is 1.